The summed E-state index contributed by atoms with van der Waals surface area (Å²) in [5.41, 5.74) is 1.08. The first-order chi connectivity index (χ1) is 10.0. The Balaban J connectivity index is 1.98. The van der Waals surface area contributed by atoms with Crippen molar-refractivity contribution in [3.8, 4) is 5.75 Å². The van der Waals surface area contributed by atoms with Gasteiger partial charge in [0.2, 0.25) is 5.91 Å². The highest BCUT2D eigenvalue weighted by Gasteiger charge is 2.21. The van der Waals surface area contributed by atoms with Crippen molar-refractivity contribution in [1.82, 2.24) is 10.6 Å². The number of hydrogen-bond donors (Lipinski definition) is 2. The minimum absolute atomic E-state index is 0.0312. The van der Waals surface area contributed by atoms with E-state index in [-0.39, 0.29) is 11.9 Å². The summed E-state index contributed by atoms with van der Waals surface area (Å²) >= 11 is 10.6. The number of halogens is 3. The molecule has 21 heavy (non-hydrogen) atoms. The van der Waals surface area contributed by atoms with Gasteiger partial charge in [-0.05, 0) is 69.3 Å². The van der Waals surface area contributed by atoms with Gasteiger partial charge in [-0.2, -0.15) is 0 Å². The zero-order chi connectivity index (χ0) is 15.4. The number of carbonyl (C=O) groups excluding carboxylic acids is 1. The lowest BCUT2D eigenvalue weighted by atomic mass is 10.1. The summed E-state index contributed by atoms with van der Waals surface area (Å²) in [5, 5.41) is 6.18. The zero-order valence-electron chi connectivity index (χ0n) is 11.6. The fraction of sp³-hybridized carbons (Fsp3) is 0.500. The molecule has 1 saturated heterocycles. The standard InChI is InChI=1S/C14H17Br3N2O2/c1-21-13-10(16)7-9(15)8(12(13)17)4-6-19-14(20)11-3-2-5-18-11/h7,11,18H,2-6H2,1H3,(H,19,20)/t11-/m0/s1. The van der Waals surface area contributed by atoms with Crippen LogP contribution in [0.3, 0.4) is 0 Å². The Hall–Kier alpha value is -0.110. The largest absolute Gasteiger partial charge is 0.494 e. The van der Waals surface area contributed by atoms with Crippen molar-refractivity contribution in [2.24, 2.45) is 0 Å². The number of benzene rings is 1. The van der Waals surface area contributed by atoms with Gasteiger partial charge in [0.1, 0.15) is 5.75 Å². The van der Waals surface area contributed by atoms with E-state index in [1.165, 1.54) is 0 Å². The Kier molecular flexibility index (Phi) is 6.52. The number of hydrogen-bond acceptors (Lipinski definition) is 3. The maximum absolute atomic E-state index is 12.0. The summed E-state index contributed by atoms with van der Waals surface area (Å²) in [4.78, 5) is 12.0. The average molecular weight is 485 g/mol. The lowest BCUT2D eigenvalue weighted by Crippen LogP contribution is -2.41. The second-order valence-corrected chi connectivity index (χ2v) is 7.36. The maximum Gasteiger partial charge on any atom is 0.237 e. The second kappa shape index (κ2) is 7.94. The molecule has 7 heteroatoms. The van der Waals surface area contributed by atoms with E-state index >= 15 is 0 Å². The van der Waals surface area contributed by atoms with E-state index in [1.54, 1.807) is 7.11 Å². The van der Waals surface area contributed by atoms with Gasteiger partial charge in [0.25, 0.3) is 0 Å². The van der Waals surface area contributed by atoms with Crippen LogP contribution in [0.4, 0.5) is 0 Å². The van der Waals surface area contributed by atoms with Gasteiger partial charge in [0, 0.05) is 11.0 Å². The predicted molar refractivity (Wildman–Crippen MR) is 93.8 cm³/mol. The van der Waals surface area contributed by atoms with Crippen LogP contribution in [0.1, 0.15) is 18.4 Å². The Morgan fingerprint density at radius 2 is 2.19 bits per heavy atom. The molecule has 0 unspecified atom stereocenters. The van der Waals surface area contributed by atoms with Gasteiger partial charge < -0.3 is 15.4 Å². The molecule has 1 aliphatic heterocycles. The van der Waals surface area contributed by atoms with Crippen molar-refractivity contribution < 1.29 is 9.53 Å². The minimum atomic E-state index is -0.0312. The van der Waals surface area contributed by atoms with Crippen molar-refractivity contribution in [2.45, 2.75) is 25.3 Å². The number of ether oxygens (including phenoxy) is 1. The number of methoxy groups -OCH3 is 1. The number of rotatable bonds is 5. The molecule has 116 valence electrons. The summed E-state index contributed by atoms with van der Waals surface area (Å²) in [6, 6.07) is 1.93. The molecule has 0 aliphatic carbocycles. The highest BCUT2D eigenvalue weighted by molar-refractivity contribution is 9.11. The third-order valence-electron chi connectivity index (χ3n) is 3.48. The van der Waals surface area contributed by atoms with Crippen LogP contribution in [-0.2, 0) is 11.2 Å². The molecule has 1 amide bonds. The van der Waals surface area contributed by atoms with E-state index in [9.17, 15) is 4.79 Å². The second-order valence-electron chi connectivity index (χ2n) is 4.86. The predicted octanol–water partition coefficient (Wildman–Crippen LogP) is 3.39. The smallest absolute Gasteiger partial charge is 0.237 e. The Bertz CT molecular complexity index is 531. The summed E-state index contributed by atoms with van der Waals surface area (Å²) in [5.74, 6) is 0.848. The molecule has 1 fully saturated rings. The molecule has 2 N–H and O–H groups in total. The third kappa shape index (κ3) is 4.21. The first-order valence-corrected chi connectivity index (χ1v) is 9.14. The highest BCUT2D eigenvalue weighted by atomic mass is 79.9. The molecule has 0 saturated carbocycles. The van der Waals surface area contributed by atoms with Crippen LogP contribution in [0.25, 0.3) is 0 Å². The lowest BCUT2D eigenvalue weighted by molar-refractivity contribution is -0.122. The van der Waals surface area contributed by atoms with Crippen LogP contribution < -0.4 is 15.4 Å². The Morgan fingerprint density at radius 1 is 1.43 bits per heavy atom. The van der Waals surface area contributed by atoms with Crippen molar-refractivity contribution in [2.75, 3.05) is 20.2 Å². The first-order valence-electron chi connectivity index (χ1n) is 6.76. The first kappa shape index (κ1) is 17.2. The third-order valence-corrected chi connectivity index (χ3v) is 5.61. The van der Waals surface area contributed by atoms with E-state index in [0.717, 1.165) is 50.5 Å². The summed E-state index contributed by atoms with van der Waals surface area (Å²) < 4.78 is 8.13. The molecule has 0 bridgehead atoms. The molecule has 1 heterocycles. The van der Waals surface area contributed by atoms with Gasteiger partial charge >= 0.3 is 0 Å². The van der Waals surface area contributed by atoms with Crippen LogP contribution in [0, 0.1) is 0 Å². The Morgan fingerprint density at radius 3 is 2.81 bits per heavy atom. The molecule has 2 rings (SSSR count). The molecule has 1 atom stereocenters. The van der Waals surface area contributed by atoms with Gasteiger partial charge in [0.15, 0.2) is 0 Å². The van der Waals surface area contributed by atoms with Crippen LogP contribution in [0.2, 0.25) is 0 Å². The fourth-order valence-corrected chi connectivity index (χ4v) is 5.21. The van der Waals surface area contributed by atoms with Crippen molar-refractivity contribution in [1.29, 1.82) is 0 Å². The van der Waals surface area contributed by atoms with Gasteiger partial charge in [-0.1, -0.05) is 15.9 Å². The summed E-state index contributed by atoms with van der Waals surface area (Å²) in [7, 11) is 1.63. The normalized spacial score (nSPS) is 17.8. The van der Waals surface area contributed by atoms with Gasteiger partial charge in [-0.3, -0.25) is 4.79 Å². The molecule has 1 aromatic carbocycles. The molecule has 4 nitrogen and oxygen atoms in total. The van der Waals surface area contributed by atoms with Crippen LogP contribution in [0.5, 0.6) is 5.75 Å². The molecule has 0 spiro atoms. The lowest BCUT2D eigenvalue weighted by Gasteiger charge is -2.15. The maximum atomic E-state index is 12.0. The quantitative estimate of drug-likeness (QED) is 0.673. The van der Waals surface area contributed by atoms with Crippen LogP contribution in [0.15, 0.2) is 19.5 Å². The van der Waals surface area contributed by atoms with E-state index in [4.69, 9.17) is 4.74 Å². The minimum Gasteiger partial charge on any atom is -0.494 e. The van der Waals surface area contributed by atoms with E-state index in [2.05, 4.69) is 58.4 Å². The van der Waals surface area contributed by atoms with Gasteiger partial charge in [-0.15, -0.1) is 0 Å². The zero-order valence-corrected chi connectivity index (χ0v) is 16.4. The highest BCUT2D eigenvalue weighted by Crippen LogP contribution is 2.40. The molecule has 0 aromatic heterocycles. The van der Waals surface area contributed by atoms with E-state index in [1.807, 2.05) is 6.07 Å². The molecular formula is C14H17Br3N2O2. The summed E-state index contributed by atoms with van der Waals surface area (Å²) in [6.07, 6.45) is 2.72. The summed E-state index contributed by atoms with van der Waals surface area (Å²) in [6.45, 7) is 1.53. The molecular weight excluding hydrogens is 468 g/mol. The Labute approximate surface area is 149 Å². The van der Waals surface area contributed by atoms with Crippen LogP contribution >= 0.6 is 47.8 Å². The molecule has 0 radical (unpaired) electrons. The van der Waals surface area contributed by atoms with E-state index < -0.39 is 0 Å². The number of amides is 1. The van der Waals surface area contributed by atoms with Crippen molar-refractivity contribution >= 4 is 53.7 Å². The van der Waals surface area contributed by atoms with Crippen molar-refractivity contribution in [3.63, 3.8) is 0 Å². The van der Waals surface area contributed by atoms with Gasteiger partial charge in [0.05, 0.1) is 22.1 Å². The monoisotopic (exact) mass is 482 g/mol. The van der Waals surface area contributed by atoms with Gasteiger partial charge in [-0.25, -0.2) is 0 Å². The molecule has 1 aromatic rings. The fourth-order valence-electron chi connectivity index (χ4n) is 2.37. The number of carbonyl (C=O) groups is 1. The SMILES string of the molecule is COc1c(Br)cc(Br)c(CCNC(=O)[C@@H]2CCCN2)c1Br. The molecule has 1 aliphatic rings. The van der Waals surface area contributed by atoms with E-state index in [0.29, 0.717) is 6.54 Å². The van der Waals surface area contributed by atoms with Crippen LogP contribution in [-0.4, -0.2) is 32.1 Å². The average Bonchev–Trinajstić information content (AvgIpc) is 2.96. The van der Waals surface area contributed by atoms with Crippen molar-refractivity contribution in [3.05, 3.63) is 25.0 Å². The topological polar surface area (TPSA) is 50.4 Å². The number of nitrogens with one attached hydrogen (secondary N) is 2.